The Hall–Kier alpha value is -6.85. The minimum absolute atomic E-state index is 0.0342. The van der Waals surface area contributed by atoms with Crippen LogP contribution < -0.4 is 24.4 Å². The molecular formula is C61H65Cl2N6O15PS2. The number of carboxylic acid groups (broad SMARTS) is 1. The van der Waals surface area contributed by atoms with Gasteiger partial charge in [-0.15, -0.1) is 23.2 Å². The standard InChI is InChI=1S/C61H65Cl2N6O15PS2/c1-4-60(56(75)68-31-37(29-62)54-42-18-11-9-16-40(42)47(27-45(54)68)84-85(79,80)81)35-61(28-49(60)61)57(76)69-32-38(30-63)53-41-17-10-8-15-39(41)46(26-44(53)69)83-59(78)66(3)25-24-65(2)58(77)82-33-36-14-7-12-19-48(36)87-86-34-43(55(73)74)64-50(70)20-6-5-13-23-67-51(71)21-22-52(67)72/h7-12,14-19,21-22,26-27,37-38,43,49H,4-6,13,20,23-25,28-35H2,1-3H3,(H,64,70)(H,73,74)(H2,79,80,81)/t37-,38-,43+,49?,60?,61?/m1/s1. The van der Waals surface area contributed by atoms with Crippen LogP contribution in [0, 0.1) is 16.7 Å². The van der Waals surface area contributed by atoms with E-state index in [2.05, 4.69) is 5.32 Å². The van der Waals surface area contributed by atoms with Crippen molar-refractivity contribution in [3.63, 3.8) is 0 Å². The summed E-state index contributed by atoms with van der Waals surface area (Å²) in [5.74, 6) is -2.96. The number of anilines is 2. The second-order valence-electron chi connectivity index (χ2n) is 22.6. The number of benzene rings is 5. The molecule has 0 saturated heterocycles. The molecule has 5 aromatic rings. The van der Waals surface area contributed by atoms with Gasteiger partial charge in [-0.05, 0) is 66.0 Å². The summed E-state index contributed by atoms with van der Waals surface area (Å²) in [6.07, 6.45) is 3.85. The van der Waals surface area contributed by atoms with Crippen molar-refractivity contribution in [2.45, 2.75) is 81.2 Å². The van der Waals surface area contributed by atoms with Gasteiger partial charge in [0.25, 0.3) is 11.8 Å². The van der Waals surface area contributed by atoms with Crippen molar-refractivity contribution in [2.75, 3.05) is 74.1 Å². The van der Waals surface area contributed by atoms with Crippen LogP contribution in [0.2, 0.25) is 0 Å². The van der Waals surface area contributed by atoms with Crippen LogP contribution in [-0.4, -0.2) is 148 Å². The van der Waals surface area contributed by atoms with Gasteiger partial charge in [-0.1, -0.05) is 102 Å². The van der Waals surface area contributed by atoms with Crippen LogP contribution in [0.1, 0.15) is 80.4 Å². The van der Waals surface area contributed by atoms with E-state index in [0.717, 1.165) is 21.4 Å². The van der Waals surface area contributed by atoms with Gasteiger partial charge in [0.05, 0.1) is 22.2 Å². The van der Waals surface area contributed by atoms with Crippen LogP contribution in [0.15, 0.2) is 102 Å². The summed E-state index contributed by atoms with van der Waals surface area (Å²) in [5.41, 5.74) is 1.56. The number of imide groups is 1. The maximum Gasteiger partial charge on any atom is 0.524 e. The monoisotopic (exact) mass is 1290 g/mol. The highest BCUT2D eigenvalue weighted by atomic mass is 35.5. The molecule has 460 valence electrons. The van der Waals surface area contributed by atoms with E-state index in [1.54, 1.807) is 58.3 Å². The van der Waals surface area contributed by atoms with Crippen LogP contribution in [-0.2, 0) is 44.7 Å². The zero-order valence-electron chi connectivity index (χ0n) is 47.9. The van der Waals surface area contributed by atoms with Crippen LogP contribution in [0.3, 0.4) is 0 Å². The highest BCUT2D eigenvalue weighted by molar-refractivity contribution is 8.76. The maximum atomic E-state index is 15.1. The number of ether oxygens (including phenoxy) is 2. The number of carbonyl (C=O) groups is 8. The summed E-state index contributed by atoms with van der Waals surface area (Å²) in [6.45, 7) is 2.69. The Labute approximate surface area is 519 Å². The molecule has 3 unspecified atom stereocenters. The lowest BCUT2D eigenvalue weighted by atomic mass is 9.59. The first kappa shape index (κ1) is 63.2. The van der Waals surface area contributed by atoms with Gasteiger partial charge in [-0.3, -0.25) is 38.7 Å². The molecule has 7 amide bonds. The molecule has 4 N–H and O–H groups in total. The van der Waals surface area contributed by atoms with Crippen molar-refractivity contribution in [1.82, 2.24) is 20.0 Å². The zero-order valence-corrected chi connectivity index (χ0v) is 51.9. The van der Waals surface area contributed by atoms with Crippen LogP contribution >= 0.6 is 52.6 Å². The second kappa shape index (κ2) is 26.1. The average molecular weight is 1290 g/mol. The van der Waals surface area contributed by atoms with Gasteiger partial charge in [-0.25, -0.2) is 18.9 Å². The summed E-state index contributed by atoms with van der Waals surface area (Å²) in [6, 6.07) is 23.7. The van der Waals surface area contributed by atoms with Gasteiger partial charge in [0.2, 0.25) is 17.7 Å². The Morgan fingerprint density at radius 2 is 1.33 bits per heavy atom. The number of hydrogen-bond donors (Lipinski definition) is 4. The van der Waals surface area contributed by atoms with E-state index in [-0.39, 0.29) is 123 Å². The highest BCUT2D eigenvalue weighted by Crippen LogP contribution is 2.79. The predicted molar refractivity (Wildman–Crippen MR) is 330 cm³/mol. The molecule has 0 spiro atoms. The number of nitrogens with zero attached hydrogens (tertiary/aromatic N) is 5. The van der Waals surface area contributed by atoms with Crippen molar-refractivity contribution in [3.05, 3.63) is 114 Å². The molecule has 3 aliphatic heterocycles. The fraction of sp³-hybridized carbons (Fsp3) is 0.410. The summed E-state index contributed by atoms with van der Waals surface area (Å²) in [7, 11) is 0.556. The predicted octanol–water partition coefficient (Wildman–Crippen LogP) is 9.80. The second-order valence-corrected chi connectivity index (χ2v) is 26.8. The number of rotatable bonds is 25. The number of hydrogen-bond acceptors (Lipinski definition) is 14. The first-order valence-electron chi connectivity index (χ1n) is 28.5. The molecule has 87 heavy (non-hydrogen) atoms. The quantitative estimate of drug-likeness (QED) is 0.0139. The van der Waals surface area contributed by atoms with Crippen LogP contribution in [0.4, 0.5) is 21.0 Å². The van der Waals surface area contributed by atoms with Crippen LogP contribution in [0.5, 0.6) is 11.5 Å². The lowest BCUT2D eigenvalue weighted by Gasteiger charge is -2.47. The number of amides is 7. The first-order chi connectivity index (χ1) is 41.6. The SMILES string of the molecule is CCC1(C(=O)N2C[C@@H](CCl)c3c2cc(OP(=O)(O)O)c2ccccc32)CC2(C(=O)N3C[C@@H](CCl)c4c3cc(OC(=O)N(C)CCN(C)C(=O)OCc3ccccc3SSC[C@H](NC(=O)CCCCCN3C(=O)C=CC3=O)C(=O)O)c3ccccc43)CC21. The number of carbonyl (C=O) groups excluding carboxylic acids is 7. The topological polar surface area (TPSA) is 270 Å². The molecule has 0 aromatic heterocycles. The number of likely N-dealkylation sites (N-methyl/N-ethyl adjacent to an activating group) is 2. The molecule has 0 radical (unpaired) electrons. The Kier molecular flexibility index (Phi) is 18.9. The number of phosphoric ester groups is 1. The number of aliphatic carboxylic acids is 1. The molecule has 10 rings (SSSR count). The van der Waals surface area contributed by atoms with E-state index < -0.39 is 48.8 Å². The number of unbranched alkanes of at least 4 members (excludes halogenated alkanes) is 2. The summed E-state index contributed by atoms with van der Waals surface area (Å²) in [4.78, 5) is 133. The lowest BCUT2D eigenvalue weighted by Crippen LogP contribution is -2.56. The summed E-state index contributed by atoms with van der Waals surface area (Å²) in [5, 5.41) is 14.9. The van der Waals surface area contributed by atoms with E-state index in [0.29, 0.717) is 70.1 Å². The molecule has 3 heterocycles. The third-order valence-electron chi connectivity index (χ3n) is 17.3. The Balaban J connectivity index is 0.738. The molecule has 2 fully saturated rings. The van der Waals surface area contributed by atoms with Gasteiger partial charge in [0.1, 0.15) is 24.1 Å². The van der Waals surface area contributed by atoms with Gasteiger partial charge < -0.3 is 44.0 Å². The first-order valence-corrected chi connectivity index (χ1v) is 33.4. The fourth-order valence-corrected chi connectivity index (χ4v) is 16.0. The van der Waals surface area contributed by atoms with Crippen molar-refractivity contribution in [1.29, 1.82) is 0 Å². The average Bonchev–Trinajstić information content (AvgIpc) is 1.49. The smallest absolute Gasteiger partial charge is 0.480 e. The fourth-order valence-electron chi connectivity index (χ4n) is 12.7. The summed E-state index contributed by atoms with van der Waals surface area (Å²) < 4.78 is 29.1. The molecule has 0 bridgehead atoms. The Bertz CT molecular complexity index is 3670. The van der Waals surface area contributed by atoms with Gasteiger partial charge >= 0.3 is 26.0 Å². The van der Waals surface area contributed by atoms with Crippen molar-refractivity contribution in [3.8, 4) is 11.5 Å². The largest absolute Gasteiger partial charge is 0.524 e. The van der Waals surface area contributed by atoms with Crippen molar-refractivity contribution in [2.24, 2.45) is 16.7 Å². The van der Waals surface area contributed by atoms with E-state index in [9.17, 15) is 48.2 Å². The van der Waals surface area contributed by atoms with Crippen molar-refractivity contribution < 1.29 is 71.8 Å². The zero-order chi connectivity index (χ0) is 62.1. The van der Waals surface area contributed by atoms with Gasteiger partial charge in [0.15, 0.2) is 0 Å². The normalized spacial score (nSPS) is 21.0. The number of halogens is 2. The number of phosphoric acid groups is 1. The van der Waals surface area contributed by atoms with E-state index in [4.69, 9.17) is 37.2 Å². The molecular weight excluding hydrogens is 1220 g/mol. The van der Waals surface area contributed by atoms with E-state index in [1.807, 2.05) is 37.3 Å². The summed E-state index contributed by atoms with van der Waals surface area (Å²) >= 11 is 13.2. The molecule has 5 aliphatic rings. The lowest BCUT2D eigenvalue weighted by molar-refractivity contribution is -0.144. The molecule has 2 saturated carbocycles. The van der Waals surface area contributed by atoms with E-state index in [1.165, 1.54) is 63.7 Å². The van der Waals surface area contributed by atoms with Crippen LogP contribution in [0.25, 0.3) is 21.5 Å². The van der Waals surface area contributed by atoms with Gasteiger partial charge in [-0.2, -0.15) is 0 Å². The number of alkyl halides is 2. The van der Waals surface area contributed by atoms with Gasteiger partial charge in [0, 0.05) is 128 Å². The third kappa shape index (κ3) is 12.8. The number of nitrogens with one attached hydrogen (secondary N) is 1. The number of fused-ring (bicyclic) bond motifs is 7. The third-order valence-corrected chi connectivity index (χ3v) is 21.0. The Morgan fingerprint density at radius 3 is 1.92 bits per heavy atom. The maximum absolute atomic E-state index is 15.1. The van der Waals surface area contributed by atoms with E-state index >= 15 is 9.59 Å². The number of carboxylic acids is 1. The highest BCUT2D eigenvalue weighted by Gasteiger charge is 2.81. The molecule has 21 nitrogen and oxygen atoms in total. The van der Waals surface area contributed by atoms with Crippen molar-refractivity contribution >= 4 is 133 Å². The minimum Gasteiger partial charge on any atom is -0.480 e. The minimum atomic E-state index is -4.99. The molecule has 5 aromatic carbocycles. The molecule has 2 aliphatic carbocycles. The Morgan fingerprint density at radius 1 is 0.770 bits per heavy atom. The molecule has 26 heteroatoms. The molecule has 6 atom stereocenters.